The van der Waals surface area contributed by atoms with Crippen molar-refractivity contribution in [3.05, 3.63) is 71.6 Å². The highest BCUT2D eigenvalue weighted by Gasteiger charge is 2.16. The molecule has 0 radical (unpaired) electrons. The van der Waals surface area contributed by atoms with Crippen molar-refractivity contribution in [2.75, 3.05) is 0 Å². The van der Waals surface area contributed by atoms with E-state index in [4.69, 9.17) is 5.73 Å². The third-order valence-electron chi connectivity index (χ3n) is 2.93. The number of nitrogens with one attached hydrogen (secondary N) is 2. The van der Waals surface area contributed by atoms with Gasteiger partial charge in [-0.3, -0.25) is 15.2 Å². The van der Waals surface area contributed by atoms with Gasteiger partial charge in [-0.05, 0) is 30.7 Å². The van der Waals surface area contributed by atoms with Gasteiger partial charge in [0.1, 0.15) is 4.99 Å². The Morgan fingerprint density at radius 3 is 2.50 bits per heavy atom. The number of hydrazine groups is 1. The van der Waals surface area contributed by atoms with Gasteiger partial charge in [0.05, 0.1) is 0 Å². The summed E-state index contributed by atoms with van der Waals surface area (Å²) >= 11 is 4.28. The lowest BCUT2D eigenvalue weighted by atomic mass is 10.1. The number of carbonyl (C=O) groups is 1. The average Bonchev–Trinajstić information content (AvgIpc) is 2.53. The van der Waals surface area contributed by atoms with Gasteiger partial charge in [0.15, 0.2) is 0 Å². The van der Waals surface area contributed by atoms with Crippen LogP contribution >= 0.6 is 12.6 Å². The molecule has 1 heterocycles. The number of hydrogen-bond acceptors (Lipinski definition) is 5. The number of rotatable bonds is 5. The van der Waals surface area contributed by atoms with Crippen molar-refractivity contribution < 1.29 is 4.79 Å². The topological polar surface area (TPSA) is 80.0 Å². The van der Waals surface area contributed by atoms with Gasteiger partial charge in [-0.2, -0.15) is 0 Å². The average molecular weight is 314 g/mol. The Kier molecular flexibility index (Phi) is 5.32. The lowest BCUT2D eigenvalue weighted by Gasteiger charge is -2.21. The van der Waals surface area contributed by atoms with Crippen LogP contribution in [0.25, 0.3) is 6.08 Å². The first-order valence-electron chi connectivity index (χ1n) is 6.71. The first-order chi connectivity index (χ1) is 10.5. The van der Waals surface area contributed by atoms with Gasteiger partial charge in [-0.25, -0.2) is 5.43 Å². The SMILES string of the molecule is Cc1ccc(/C=C/C(N)(S)NNC(=O)c2ccncc2)cc1. The number of hydrogen-bond donors (Lipinski definition) is 4. The number of nitrogens with zero attached hydrogens (tertiary/aromatic N) is 1. The molecule has 2 aromatic rings. The lowest BCUT2D eigenvalue weighted by Crippen LogP contribution is -2.55. The molecule has 1 aromatic carbocycles. The zero-order valence-electron chi connectivity index (χ0n) is 12.2. The highest BCUT2D eigenvalue weighted by atomic mass is 32.1. The molecule has 5 nitrogen and oxygen atoms in total. The molecule has 22 heavy (non-hydrogen) atoms. The molecule has 1 aromatic heterocycles. The summed E-state index contributed by atoms with van der Waals surface area (Å²) in [5.41, 5.74) is 13.8. The Balaban J connectivity index is 1.93. The first-order valence-corrected chi connectivity index (χ1v) is 7.16. The zero-order chi connectivity index (χ0) is 16.0. The maximum Gasteiger partial charge on any atom is 0.265 e. The van der Waals surface area contributed by atoms with Crippen molar-refractivity contribution in [3.63, 3.8) is 0 Å². The molecule has 4 N–H and O–H groups in total. The van der Waals surface area contributed by atoms with Crippen LogP contribution in [0.15, 0.2) is 54.9 Å². The van der Waals surface area contributed by atoms with Gasteiger partial charge in [0.25, 0.3) is 5.91 Å². The van der Waals surface area contributed by atoms with Gasteiger partial charge in [-0.15, -0.1) is 12.6 Å². The monoisotopic (exact) mass is 314 g/mol. The van der Waals surface area contributed by atoms with Gasteiger partial charge < -0.3 is 5.73 Å². The van der Waals surface area contributed by atoms with Gasteiger partial charge in [0, 0.05) is 18.0 Å². The van der Waals surface area contributed by atoms with E-state index in [9.17, 15) is 4.79 Å². The zero-order valence-corrected chi connectivity index (χ0v) is 13.0. The van der Waals surface area contributed by atoms with Crippen molar-refractivity contribution in [1.82, 2.24) is 15.8 Å². The molecule has 0 saturated carbocycles. The summed E-state index contributed by atoms with van der Waals surface area (Å²) in [6.07, 6.45) is 6.58. The highest BCUT2D eigenvalue weighted by Crippen LogP contribution is 2.09. The van der Waals surface area contributed by atoms with Crippen LogP contribution in [0, 0.1) is 6.92 Å². The van der Waals surface area contributed by atoms with Crippen LogP contribution < -0.4 is 16.6 Å². The van der Waals surface area contributed by atoms with Crippen molar-refractivity contribution in [1.29, 1.82) is 0 Å². The summed E-state index contributed by atoms with van der Waals surface area (Å²) in [6, 6.07) is 11.2. The van der Waals surface area contributed by atoms with Crippen molar-refractivity contribution in [2.45, 2.75) is 11.9 Å². The Hall–Kier alpha value is -2.15. The number of aryl methyl sites for hydroxylation is 1. The van der Waals surface area contributed by atoms with Crippen LogP contribution in [-0.4, -0.2) is 15.9 Å². The minimum absolute atomic E-state index is 0.310. The van der Waals surface area contributed by atoms with Crippen LogP contribution in [0.1, 0.15) is 21.5 Å². The summed E-state index contributed by atoms with van der Waals surface area (Å²) < 4.78 is 0. The molecule has 0 aliphatic rings. The Morgan fingerprint density at radius 2 is 1.86 bits per heavy atom. The van der Waals surface area contributed by atoms with Crippen molar-refractivity contribution in [3.8, 4) is 0 Å². The fourth-order valence-corrected chi connectivity index (χ4v) is 1.81. The summed E-state index contributed by atoms with van der Waals surface area (Å²) in [4.78, 5) is 14.6. The van der Waals surface area contributed by atoms with Crippen LogP contribution in [0.5, 0.6) is 0 Å². The molecule has 0 saturated heterocycles. The van der Waals surface area contributed by atoms with Crippen molar-refractivity contribution in [2.24, 2.45) is 5.73 Å². The largest absolute Gasteiger partial charge is 0.300 e. The first kappa shape index (κ1) is 16.2. The number of thiol groups is 1. The lowest BCUT2D eigenvalue weighted by molar-refractivity contribution is 0.0926. The molecular weight excluding hydrogens is 296 g/mol. The Morgan fingerprint density at radius 1 is 1.23 bits per heavy atom. The summed E-state index contributed by atoms with van der Waals surface area (Å²) in [5, 5.41) is 0. The van der Waals surface area contributed by atoms with Crippen LogP contribution in [0.4, 0.5) is 0 Å². The van der Waals surface area contributed by atoms with E-state index in [1.54, 1.807) is 30.6 Å². The quantitative estimate of drug-likeness (QED) is 0.386. The summed E-state index contributed by atoms with van der Waals surface area (Å²) in [6.45, 7) is 2.02. The molecule has 2 rings (SSSR count). The highest BCUT2D eigenvalue weighted by molar-refractivity contribution is 7.81. The minimum atomic E-state index is -1.17. The predicted octanol–water partition coefficient (Wildman–Crippen LogP) is 1.88. The number of pyridine rings is 1. The van der Waals surface area contributed by atoms with E-state index in [2.05, 4.69) is 28.5 Å². The molecule has 0 bridgehead atoms. The third-order valence-corrected chi connectivity index (χ3v) is 3.19. The molecule has 0 fully saturated rings. The van der Waals surface area contributed by atoms with Gasteiger partial charge in [0.2, 0.25) is 0 Å². The maximum absolute atomic E-state index is 11.9. The van der Waals surface area contributed by atoms with Crippen LogP contribution in [0.2, 0.25) is 0 Å². The predicted molar refractivity (Wildman–Crippen MR) is 91.0 cm³/mol. The van der Waals surface area contributed by atoms with E-state index in [1.807, 2.05) is 37.3 Å². The summed E-state index contributed by atoms with van der Waals surface area (Å²) in [5.74, 6) is -0.310. The molecule has 6 heteroatoms. The molecule has 1 amide bonds. The van der Waals surface area contributed by atoms with Gasteiger partial charge in [-0.1, -0.05) is 35.9 Å². The van der Waals surface area contributed by atoms with Crippen molar-refractivity contribution >= 4 is 24.6 Å². The van der Waals surface area contributed by atoms with Crippen LogP contribution in [0.3, 0.4) is 0 Å². The smallest absolute Gasteiger partial charge is 0.265 e. The fraction of sp³-hybridized carbons (Fsp3) is 0.125. The third kappa shape index (κ3) is 5.00. The van der Waals surface area contributed by atoms with E-state index in [0.717, 1.165) is 5.56 Å². The minimum Gasteiger partial charge on any atom is -0.300 e. The molecule has 114 valence electrons. The van der Waals surface area contributed by atoms with E-state index in [0.29, 0.717) is 5.56 Å². The Labute approximate surface area is 135 Å². The second-order valence-corrected chi connectivity index (χ2v) is 5.62. The Bertz CT molecular complexity index is 654. The van der Waals surface area contributed by atoms with E-state index in [1.165, 1.54) is 5.56 Å². The summed E-state index contributed by atoms with van der Waals surface area (Å²) in [7, 11) is 0. The molecular formula is C16H18N4OS. The number of amides is 1. The number of benzene rings is 1. The van der Waals surface area contributed by atoms with E-state index < -0.39 is 4.99 Å². The number of aromatic nitrogens is 1. The van der Waals surface area contributed by atoms with Gasteiger partial charge >= 0.3 is 0 Å². The van der Waals surface area contributed by atoms with E-state index in [-0.39, 0.29) is 5.91 Å². The number of carbonyl (C=O) groups excluding carboxylic acids is 1. The molecule has 0 spiro atoms. The van der Waals surface area contributed by atoms with Crippen LogP contribution in [-0.2, 0) is 0 Å². The fourth-order valence-electron chi connectivity index (χ4n) is 1.67. The maximum atomic E-state index is 11.9. The number of nitrogens with two attached hydrogens (primary N) is 1. The molecule has 0 aliphatic carbocycles. The standard InChI is InChI=1S/C16H18N4OS/c1-12-2-4-13(5-3-12)6-9-16(17,22)20-19-15(21)14-7-10-18-11-8-14/h2-11,20,22H,17H2,1H3,(H,19,21)/b9-6+. The van der Waals surface area contributed by atoms with E-state index >= 15 is 0 Å². The molecule has 1 atom stereocenters. The molecule has 1 unspecified atom stereocenters. The normalized spacial score (nSPS) is 13.8. The second-order valence-electron chi connectivity index (χ2n) is 4.88. The second kappa shape index (κ2) is 7.22. The molecule has 0 aliphatic heterocycles.